The molecule has 0 aromatic carbocycles. The third kappa shape index (κ3) is 3.00. The molecule has 1 fully saturated rings. The van der Waals surface area contributed by atoms with Crippen molar-refractivity contribution in [2.24, 2.45) is 11.8 Å². The van der Waals surface area contributed by atoms with Gasteiger partial charge in [-0.1, -0.05) is 0 Å². The summed E-state index contributed by atoms with van der Waals surface area (Å²) in [6, 6.07) is -0.607. The molecule has 0 saturated carbocycles. The molecule has 114 valence electrons. The Bertz CT molecular complexity index is 361. The van der Waals surface area contributed by atoms with E-state index < -0.39 is 29.6 Å². The second kappa shape index (κ2) is 6.83. The van der Waals surface area contributed by atoms with E-state index in [9.17, 15) is 14.4 Å². The average molecular weight is 285 g/mol. The molecule has 0 spiro atoms. The summed E-state index contributed by atoms with van der Waals surface area (Å²) in [7, 11) is 1.79. The number of Topliss-reactive ketones (excluding diaryl/α,β-unsaturated/α-hetero) is 1. The molecule has 0 unspecified atom stereocenters. The van der Waals surface area contributed by atoms with Gasteiger partial charge in [0.15, 0.2) is 5.78 Å². The van der Waals surface area contributed by atoms with E-state index in [0.717, 1.165) is 0 Å². The second-order valence-corrected chi connectivity index (χ2v) is 5.01. The topological polar surface area (TPSA) is 72.9 Å². The Labute approximate surface area is 119 Å². The van der Waals surface area contributed by atoms with E-state index >= 15 is 0 Å². The molecule has 6 heteroatoms. The van der Waals surface area contributed by atoms with Crippen LogP contribution in [0.15, 0.2) is 0 Å². The molecule has 0 amide bonds. The Hall–Kier alpha value is -1.43. The fraction of sp³-hybridized carbons (Fsp3) is 0.786. The fourth-order valence-corrected chi connectivity index (χ4v) is 2.60. The third-order valence-corrected chi connectivity index (χ3v) is 3.94. The minimum Gasteiger partial charge on any atom is -0.465 e. The highest BCUT2D eigenvalue weighted by atomic mass is 16.5. The molecule has 4 atom stereocenters. The highest BCUT2D eigenvalue weighted by molar-refractivity contribution is 6.10. The molecule has 0 radical (unpaired) electrons. The standard InChI is InChI=1S/C14H23NO5/c1-6-19-13(17)10-8(3)15(5)9(4)11(12(10)16)14(18)20-7-2/h8-11H,6-7H2,1-5H3/t8-,9+,10-,11+. The molecule has 1 saturated heterocycles. The monoisotopic (exact) mass is 285 g/mol. The van der Waals surface area contributed by atoms with Gasteiger partial charge in [-0.15, -0.1) is 0 Å². The van der Waals surface area contributed by atoms with E-state index in [2.05, 4.69) is 0 Å². The number of nitrogens with zero attached hydrogens (tertiary/aromatic N) is 1. The maximum Gasteiger partial charge on any atom is 0.318 e. The number of esters is 2. The maximum atomic E-state index is 12.5. The van der Waals surface area contributed by atoms with Gasteiger partial charge in [0.05, 0.1) is 13.2 Å². The lowest BCUT2D eigenvalue weighted by Crippen LogP contribution is -2.60. The molecule has 0 aromatic heterocycles. The second-order valence-electron chi connectivity index (χ2n) is 5.01. The first-order chi connectivity index (χ1) is 9.36. The van der Waals surface area contributed by atoms with Gasteiger partial charge in [-0.2, -0.15) is 0 Å². The lowest BCUT2D eigenvalue weighted by molar-refractivity contribution is -0.167. The number of ketones is 1. The van der Waals surface area contributed by atoms with Gasteiger partial charge in [-0.05, 0) is 34.7 Å². The van der Waals surface area contributed by atoms with Crippen molar-refractivity contribution in [3.05, 3.63) is 0 Å². The largest absolute Gasteiger partial charge is 0.465 e. The van der Waals surface area contributed by atoms with Crippen LogP contribution in [0.5, 0.6) is 0 Å². The zero-order valence-electron chi connectivity index (χ0n) is 12.7. The van der Waals surface area contributed by atoms with Crippen molar-refractivity contribution in [3.8, 4) is 0 Å². The van der Waals surface area contributed by atoms with Gasteiger partial charge in [0.2, 0.25) is 0 Å². The van der Waals surface area contributed by atoms with Crippen LogP contribution in [0.2, 0.25) is 0 Å². The summed E-state index contributed by atoms with van der Waals surface area (Å²) in [6.45, 7) is 7.36. The Morgan fingerprint density at radius 1 is 1.00 bits per heavy atom. The van der Waals surface area contributed by atoms with Crippen LogP contribution < -0.4 is 0 Å². The van der Waals surface area contributed by atoms with Gasteiger partial charge >= 0.3 is 11.9 Å². The van der Waals surface area contributed by atoms with E-state index in [-0.39, 0.29) is 25.3 Å². The Morgan fingerprint density at radius 3 is 1.65 bits per heavy atom. The van der Waals surface area contributed by atoms with Crippen molar-refractivity contribution in [1.29, 1.82) is 0 Å². The SMILES string of the molecule is CCOC(=O)[C@H]1C(=O)[C@@H](C(=O)OCC)[C@H](C)N(C)[C@@H]1C. The van der Waals surface area contributed by atoms with E-state index in [4.69, 9.17) is 9.47 Å². The van der Waals surface area contributed by atoms with Crippen LogP contribution in [0.3, 0.4) is 0 Å². The summed E-state index contributed by atoms with van der Waals surface area (Å²) in [5.74, 6) is -3.42. The van der Waals surface area contributed by atoms with Crippen LogP contribution in [0.1, 0.15) is 27.7 Å². The zero-order valence-corrected chi connectivity index (χ0v) is 12.7. The van der Waals surface area contributed by atoms with Crippen molar-refractivity contribution in [1.82, 2.24) is 4.90 Å². The van der Waals surface area contributed by atoms with E-state index in [1.54, 1.807) is 34.7 Å². The van der Waals surface area contributed by atoms with Crippen LogP contribution in [0.4, 0.5) is 0 Å². The third-order valence-electron chi connectivity index (χ3n) is 3.94. The number of hydrogen-bond acceptors (Lipinski definition) is 6. The Kier molecular flexibility index (Phi) is 5.68. The fourth-order valence-electron chi connectivity index (χ4n) is 2.60. The van der Waals surface area contributed by atoms with Gasteiger partial charge in [0.25, 0.3) is 0 Å². The summed E-state index contributed by atoms with van der Waals surface area (Å²) in [5.41, 5.74) is 0. The van der Waals surface area contributed by atoms with Gasteiger partial charge in [0.1, 0.15) is 11.8 Å². The lowest BCUT2D eigenvalue weighted by Gasteiger charge is -2.42. The summed E-state index contributed by atoms with van der Waals surface area (Å²) in [4.78, 5) is 38.3. The molecule has 0 aliphatic carbocycles. The maximum absolute atomic E-state index is 12.5. The highest BCUT2D eigenvalue weighted by Gasteiger charge is 2.51. The molecule has 1 aliphatic rings. The molecular weight excluding hydrogens is 262 g/mol. The molecule has 0 N–H and O–H groups in total. The normalized spacial score (nSPS) is 30.9. The predicted molar refractivity (Wildman–Crippen MR) is 71.9 cm³/mol. The van der Waals surface area contributed by atoms with Crippen molar-refractivity contribution in [3.63, 3.8) is 0 Å². The van der Waals surface area contributed by atoms with Gasteiger partial charge in [-0.3, -0.25) is 19.3 Å². The first-order valence-corrected chi connectivity index (χ1v) is 6.95. The molecule has 0 bridgehead atoms. The smallest absolute Gasteiger partial charge is 0.318 e. The summed E-state index contributed by atoms with van der Waals surface area (Å²) in [6.07, 6.45) is 0. The lowest BCUT2D eigenvalue weighted by atomic mass is 9.78. The number of carbonyl (C=O) groups is 3. The first kappa shape index (κ1) is 16.6. The average Bonchev–Trinajstić information content (AvgIpc) is 2.37. The number of ether oxygens (including phenoxy) is 2. The molecule has 20 heavy (non-hydrogen) atoms. The van der Waals surface area contributed by atoms with E-state index in [1.807, 2.05) is 4.90 Å². The summed E-state index contributed by atoms with van der Waals surface area (Å²) in [5, 5.41) is 0. The molecule has 6 nitrogen and oxygen atoms in total. The first-order valence-electron chi connectivity index (χ1n) is 6.95. The molecule has 1 rings (SSSR count). The highest BCUT2D eigenvalue weighted by Crippen LogP contribution is 2.30. The zero-order chi connectivity index (χ0) is 15.4. The van der Waals surface area contributed by atoms with Crippen LogP contribution in [-0.2, 0) is 23.9 Å². The Morgan fingerprint density at radius 2 is 1.35 bits per heavy atom. The molecule has 1 heterocycles. The number of rotatable bonds is 4. The number of piperidine rings is 1. The van der Waals surface area contributed by atoms with E-state index in [0.29, 0.717) is 0 Å². The number of carbonyl (C=O) groups excluding carboxylic acids is 3. The Balaban J connectivity index is 3.05. The van der Waals surface area contributed by atoms with Crippen LogP contribution in [0.25, 0.3) is 0 Å². The number of likely N-dealkylation sites (tertiary alicyclic amines) is 1. The van der Waals surface area contributed by atoms with Gasteiger partial charge in [-0.25, -0.2) is 0 Å². The quantitative estimate of drug-likeness (QED) is 0.557. The van der Waals surface area contributed by atoms with Crippen molar-refractivity contribution < 1.29 is 23.9 Å². The molecule has 1 aliphatic heterocycles. The van der Waals surface area contributed by atoms with Crippen LogP contribution in [-0.4, -0.2) is 55.0 Å². The minimum absolute atomic E-state index is 0.207. The van der Waals surface area contributed by atoms with Crippen molar-refractivity contribution in [2.45, 2.75) is 39.8 Å². The molecule has 0 aromatic rings. The predicted octanol–water partition coefficient (Wildman–Crippen LogP) is 0.637. The number of hydrogen-bond donors (Lipinski definition) is 0. The molecular formula is C14H23NO5. The summed E-state index contributed by atoms with van der Waals surface area (Å²) < 4.78 is 9.91. The van der Waals surface area contributed by atoms with Crippen molar-refractivity contribution in [2.75, 3.05) is 20.3 Å². The summed E-state index contributed by atoms with van der Waals surface area (Å²) >= 11 is 0. The minimum atomic E-state index is -0.939. The van der Waals surface area contributed by atoms with Crippen LogP contribution >= 0.6 is 0 Å². The van der Waals surface area contributed by atoms with E-state index in [1.165, 1.54) is 0 Å². The van der Waals surface area contributed by atoms with Crippen molar-refractivity contribution >= 4 is 17.7 Å². The van der Waals surface area contributed by atoms with Gasteiger partial charge in [0, 0.05) is 12.1 Å². The van der Waals surface area contributed by atoms with Gasteiger partial charge < -0.3 is 9.47 Å². The van der Waals surface area contributed by atoms with Crippen LogP contribution in [0, 0.1) is 11.8 Å².